The molecule has 0 aliphatic carbocycles. The van der Waals surface area contributed by atoms with E-state index in [1.807, 2.05) is 0 Å². The lowest BCUT2D eigenvalue weighted by molar-refractivity contribution is -0.145. The van der Waals surface area contributed by atoms with E-state index in [0.29, 0.717) is 19.6 Å². The second kappa shape index (κ2) is 12.7. The van der Waals surface area contributed by atoms with E-state index in [1.165, 1.54) is 7.11 Å². The van der Waals surface area contributed by atoms with E-state index in [0.717, 1.165) is 25.7 Å². The molecular formula is C14H27NO5. The van der Waals surface area contributed by atoms with Crippen LogP contribution in [0.2, 0.25) is 0 Å². The van der Waals surface area contributed by atoms with E-state index in [2.05, 4.69) is 12.2 Å². The molecule has 20 heavy (non-hydrogen) atoms. The highest BCUT2D eigenvalue weighted by atomic mass is 16.6. The molecule has 0 aromatic rings. The number of rotatable bonds is 11. The topological polar surface area (TPSA) is 73.9 Å². The first-order valence-electron chi connectivity index (χ1n) is 7.24. The summed E-state index contributed by atoms with van der Waals surface area (Å²) in [6, 6.07) is -0.637. The minimum atomic E-state index is -0.637. The van der Waals surface area contributed by atoms with Gasteiger partial charge in [0.05, 0.1) is 13.2 Å². The van der Waals surface area contributed by atoms with Gasteiger partial charge < -0.3 is 19.5 Å². The van der Waals surface area contributed by atoms with E-state index >= 15 is 0 Å². The molecule has 0 aliphatic rings. The van der Waals surface area contributed by atoms with Gasteiger partial charge in [0, 0.05) is 7.11 Å². The van der Waals surface area contributed by atoms with Crippen molar-refractivity contribution in [3.8, 4) is 0 Å². The molecule has 0 heterocycles. The molecule has 0 aromatic heterocycles. The summed E-state index contributed by atoms with van der Waals surface area (Å²) in [5.74, 6) is -0.410. The molecule has 1 unspecified atom stereocenters. The third-order valence-corrected chi connectivity index (χ3v) is 2.73. The van der Waals surface area contributed by atoms with Crippen LogP contribution < -0.4 is 5.32 Å². The number of unbranched alkanes of at least 4 members (excludes halogenated alkanes) is 3. The van der Waals surface area contributed by atoms with Crippen molar-refractivity contribution in [3.05, 3.63) is 0 Å². The largest absolute Gasteiger partial charge is 0.464 e. The molecule has 118 valence electrons. The standard InChI is InChI=1S/C14H27NO5/c1-4-6-7-8-9-12(13(16)19-5-2)15-14(17)20-11-10-18-3/h12H,4-11H2,1-3H3,(H,15,17). The molecule has 0 fully saturated rings. The number of carbonyl (C=O) groups is 2. The van der Waals surface area contributed by atoms with Gasteiger partial charge in [-0.3, -0.25) is 0 Å². The summed E-state index contributed by atoms with van der Waals surface area (Å²) in [7, 11) is 1.52. The zero-order valence-corrected chi connectivity index (χ0v) is 12.8. The van der Waals surface area contributed by atoms with Crippen molar-refractivity contribution in [3.63, 3.8) is 0 Å². The van der Waals surface area contributed by atoms with Crippen LogP contribution in [0.15, 0.2) is 0 Å². The molecule has 0 bridgehead atoms. The number of hydrogen-bond acceptors (Lipinski definition) is 5. The normalized spacial score (nSPS) is 11.8. The van der Waals surface area contributed by atoms with E-state index in [1.54, 1.807) is 6.92 Å². The Morgan fingerprint density at radius 3 is 2.40 bits per heavy atom. The summed E-state index contributed by atoms with van der Waals surface area (Å²) >= 11 is 0. The minimum Gasteiger partial charge on any atom is -0.464 e. The van der Waals surface area contributed by atoms with Crippen LogP contribution in [0.1, 0.15) is 46.0 Å². The number of nitrogens with one attached hydrogen (secondary N) is 1. The van der Waals surface area contributed by atoms with Crippen LogP contribution in [0.25, 0.3) is 0 Å². The first-order valence-corrected chi connectivity index (χ1v) is 7.24. The fourth-order valence-corrected chi connectivity index (χ4v) is 1.67. The minimum absolute atomic E-state index is 0.160. The van der Waals surface area contributed by atoms with Crippen molar-refractivity contribution in [2.24, 2.45) is 0 Å². The lowest BCUT2D eigenvalue weighted by Crippen LogP contribution is -2.42. The van der Waals surface area contributed by atoms with E-state index in [-0.39, 0.29) is 6.61 Å². The third-order valence-electron chi connectivity index (χ3n) is 2.73. The van der Waals surface area contributed by atoms with E-state index in [4.69, 9.17) is 14.2 Å². The van der Waals surface area contributed by atoms with Crippen LogP contribution in [0.5, 0.6) is 0 Å². The monoisotopic (exact) mass is 289 g/mol. The second-order valence-electron chi connectivity index (χ2n) is 4.43. The number of hydrogen-bond donors (Lipinski definition) is 1. The lowest BCUT2D eigenvalue weighted by Gasteiger charge is -2.17. The van der Waals surface area contributed by atoms with Gasteiger partial charge in [-0.15, -0.1) is 0 Å². The Bertz CT molecular complexity index is 270. The van der Waals surface area contributed by atoms with Crippen LogP contribution in [-0.4, -0.2) is 45.0 Å². The van der Waals surface area contributed by atoms with Gasteiger partial charge in [-0.1, -0.05) is 32.6 Å². The Hall–Kier alpha value is -1.30. The number of ether oxygens (including phenoxy) is 3. The Morgan fingerprint density at radius 1 is 1.05 bits per heavy atom. The van der Waals surface area contributed by atoms with Gasteiger partial charge in [-0.05, 0) is 13.3 Å². The molecule has 0 spiro atoms. The Morgan fingerprint density at radius 2 is 1.80 bits per heavy atom. The van der Waals surface area contributed by atoms with Crippen molar-refractivity contribution >= 4 is 12.1 Å². The number of methoxy groups -OCH3 is 1. The zero-order chi connectivity index (χ0) is 15.2. The van der Waals surface area contributed by atoms with Crippen LogP contribution in [-0.2, 0) is 19.0 Å². The molecule has 1 amide bonds. The number of esters is 1. The maximum atomic E-state index is 11.8. The SMILES string of the molecule is CCCCCCC(NC(=O)OCCOC)C(=O)OCC. The fraction of sp³-hybridized carbons (Fsp3) is 0.857. The lowest BCUT2D eigenvalue weighted by atomic mass is 10.1. The highest BCUT2D eigenvalue weighted by Gasteiger charge is 2.22. The van der Waals surface area contributed by atoms with Crippen molar-refractivity contribution in [2.75, 3.05) is 26.9 Å². The number of amides is 1. The van der Waals surface area contributed by atoms with Crippen molar-refractivity contribution in [1.29, 1.82) is 0 Å². The van der Waals surface area contributed by atoms with Crippen molar-refractivity contribution in [2.45, 2.75) is 52.0 Å². The molecule has 0 saturated heterocycles. The van der Waals surface area contributed by atoms with Gasteiger partial charge in [0.2, 0.25) is 0 Å². The summed E-state index contributed by atoms with van der Waals surface area (Å²) < 4.78 is 14.6. The van der Waals surface area contributed by atoms with Crippen LogP contribution in [0.4, 0.5) is 4.79 Å². The predicted octanol–water partition coefficient (Wildman–Crippen LogP) is 2.26. The highest BCUT2D eigenvalue weighted by Crippen LogP contribution is 2.07. The maximum absolute atomic E-state index is 11.8. The molecule has 6 nitrogen and oxygen atoms in total. The summed E-state index contributed by atoms with van der Waals surface area (Å²) in [5, 5.41) is 2.55. The third kappa shape index (κ3) is 9.61. The quantitative estimate of drug-likeness (QED) is 0.466. The molecule has 1 N–H and O–H groups in total. The molecule has 1 atom stereocenters. The molecule has 0 saturated carbocycles. The average Bonchev–Trinajstić information content (AvgIpc) is 2.42. The first-order chi connectivity index (χ1) is 9.65. The predicted molar refractivity (Wildman–Crippen MR) is 75.5 cm³/mol. The first kappa shape index (κ1) is 18.7. The highest BCUT2D eigenvalue weighted by molar-refractivity contribution is 5.81. The van der Waals surface area contributed by atoms with Gasteiger partial charge >= 0.3 is 12.1 Å². The number of carbonyl (C=O) groups excluding carboxylic acids is 2. The molecule has 0 radical (unpaired) electrons. The second-order valence-corrected chi connectivity index (χ2v) is 4.43. The molecule has 6 heteroatoms. The van der Waals surface area contributed by atoms with E-state index in [9.17, 15) is 9.59 Å². The van der Waals surface area contributed by atoms with E-state index < -0.39 is 18.1 Å². The number of alkyl carbamates (subject to hydrolysis) is 1. The molecular weight excluding hydrogens is 262 g/mol. The van der Waals surface area contributed by atoms with Crippen LogP contribution >= 0.6 is 0 Å². The Balaban J connectivity index is 4.15. The van der Waals surface area contributed by atoms with Gasteiger partial charge in [-0.25, -0.2) is 9.59 Å². The summed E-state index contributed by atoms with van der Waals surface area (Å²) in [4.78, 5) is 23.3. The van der Waals surface area contributed by atoms with Gasteiger partial charge in [0.25, 0.3) is 0 Å². The van der Waals surface area contributed by atoms with Crippen molar-refractivity contribution < 1.29 is 23.8 Å². The summed E-state index contributed by atoms with van der Waals surface area (Å²) in [5.41, 5.74) is 0. The van der Waals surface area contributed by atoms with Crippen LogP contribution in [0.3, 0.4) is 0 Å². The molecule has 0 aromatic carbocycles. The van der Waals surface area contributed by atoms with Gasteiger partial charge in [-0.2, -0.15) is 0 Å². The Labute approximate surface area is 121 Å². The maximum Gasteiger partial charge on any atom is 0.407 e. The van der Waals surface area contributed by atoms with Crippen LogP contribution in [0, 0.1) is 0 Å². The van der Waals surface area contributed by atoms with Gasteiger partial charge in [0.15, 0.2) is 0 Å². The summed E-state index contributed by atoms with van der Waals surface area (Å²) in [6.07, 6.45) is 4.10. The average molecular weight is 289 g/mol. The molecule has 0 rings (SSSR count). The summed E-state index contributed by atoms with van der Waals surface area (Å²) in [6.45, 7) is 4.64. The smallest absolute Gasteiger partial charge is 0.407 e. The van der Waals surface area contributed by atoms with Gasteiger partial charge in [0.1, 0.15) is 12.6 Å². The molecule has 0 aliphatic heterocycles. The fourth-order valence-electron chi connectivity index (χ4n) is 1.67. The zero-order valence-electron chi connectivity index (χ0n) is 12.8. The Kier molecular flexibility index (Phi) is 11.9. The van der Waals surface area contributed by atoms with Crippen molar-refractivity contribution in [1.82, 2.24) is 5.32 Å².